The van der Waals surface area contributed by atoms with Crippen LogP contribution in [-0.4, -0.2) is 40.9 Å². The molecule has 1 aromatic heterocycles. The van der Waals surface area contributed by atoms with E-state index in [-0.39, 0.29) is 11.8 Å². The number of hydrogen-bond acceptors (Lipinski definition) is 2. The molecular weight excluding hydrogens is 362 g/mol. The van der Waals surface area contributed by atoms with Crippen LogP contribution in [0.2, 0.25) is 0 Å². The molecule has 1 saturated heterocycles. The van der Waals surface area contributed by atoms with Crippen LogP contribution in [0.25, 0.3) is 5.69 Å². The van der Waals surface area contributed by atoms with Crippen LogP contribution in [0.15, 0.2) is 30.3 Å². The Morgan fingerprint density at radius 3 is 2.52 bits per heavy atom. The molecule has 1 atom stereocenters. The average molecular weight is 396 g/mol. The topological polar surface area (TPSA) is 54.3 Å². The number of nitrogens with one attached hydrogen (secondary N) is 1. The van der Waals surface area contributed by atoms with E-state index < -0.39 is 0 Å². The maximum atomic E-state index is 13.5. The highest BCUT2D eigenvalue weighted by Crippen LogP contribution is 2.25. The molecule has 0 unspecified atom stereocenters. The minimum atomic E-state index is 0.0841. The second-order valence-corrected chi connectivity index (χ2v) is 8.29. The third-order valence-corrected chi connectivity index (χ3v) is 5.77. The van der Waals surface area contributed by atoms with Crippen molar-refractivity contribution >= 4 is 11.8 Å². The summed E-state index contributed by atoms with van der Waals surface area (Å²) in [7, 11) is 0. The van der Waals surface area contributed by atoms with Crippen LogP contribution < -0.4 is 5.32 Å². The molecule has 0 bridgehead atoms. The Balaban J connectivity index is 1.79. The normalized spacial score (nSPS) is 16.7. The van der Waals surface area contributed by atoms with Crippen LogP contribution >= 0.6 is 0 Å². The second-order valence-electron chi connectivity index (χ2n) is 8.29. The summed E-state index contributed by atoms with van der Waals surface area (Å²) in [6, 6.07) is 10.3. The van der Waals surface area contributed by atoms with Gasteiger partial charge in [-0.2, -0.15) is 0 Å². The van der Waals surface area contributed by atoms with Gasteiger partial charge >= 0.3 is 0 Å². The van der Waals surface area contributed by atoms with Gasteiger partial charge in [-0.1, -0.05) is 18.6 Å². The number of piperidine rings is 1. The predicted molar refractivity (Wildman–Crippen MR) is 117 cm³/mol. The van der Waals surface area contributed by atoms with Crippen LogP contribution in [0, 0.1) is 26.7 Å². The van der Waals surface area contributed by atoms with Crippen molar-refractivity contribution in [1.29, 1.82) is 0 Å². The van der Waals surface area contributed by atoms with E-state index in [4.69, 9.17) is 0 Å². The molecule has 0 radical (unpaired) electrons. The van der Waals surface area contributed by atoms with Crippen LogP contribution in [0.4, 0.5) is 0 Å². The number of carbonyl (C=O) groups is 2. The zero-order valence-electron chi connectivity index (χ0n) is 18.1. The van der Waals surface area contributed by atoms with Gasteiger partial charge in [0.1, 0.15) is 0 Å². The molecule has 29 heavy (non-hydrogen) atoms. The van der Waals surface area contributed by atoms with Gasteiger partial charge in [-0.15, -0.1) is 0 Å². The SMILES string of the molecule is CCCC(=O)NC[C@@H]1CCCN(C(=O)c2cc(C)ccc2-n2c(C)ccc2C)C1. The Bertz CT molecular complexity index is 865. The zero-order chi connectivity index (χ0) is 21.0. The van der Waals surface area contributed by atoms with Gasteiger partial charge < -0.3 is 14.8 Å². The molecule has 2 aromatic rings. The maximum absolute atomic E-state index is 13.5. The Morgan fingerprint density at radius 2 is 1.83 bits per heavy atom. The first-order chi connectivity index (χ1) is 13.9. The predicted octanol–water partition coefficient (Wildman–Crippen LogP) is 4.17. The van der Waals surface area contributed by atoms with Gasteiger partial charge in [-0.05, 0) is 70.2 Å². The summed E-state index contributed by atoms with van der Waals surface area (Å²) in [4.78, 5) is 27.3. The van der Waals surface area contributed by atoms with Crippen molar-refractivity contribution in [2.24, 2.45) is 5.92 Å². The quantitative estimate of drug-likeness (QED) is 0.798. The molecule has 1 aromatic carbocycles. The fourth-order valence-corrected chi connectivity index (χ4v) is 4.22. The smallest absolute Gasteiger partial charge is 0.256 e. The van der Waals surface area contributed by atoms with Crippen LogP contribution in [0.5, 0.6) is 0 Å². The molecule has 2 heterocycles. The van der Waals surface area contributed by atoms with Crippen molar-refractivity contribution in [2.45, 2.75) is 53.4 Å². The summed E-state index contributed by atoms with van der Waals surface area (Å²) in [6.45, 7) is 10.3. The van der Waals surface area contributed by atoms with Crippen molar-refractivity contribution in [1.82, 2.24) is 14.8 Å². The third-order valence-electron chi connectivity index (χ3n) is 5.77. The Kier molecular flexibility index (Phi) is 6.78. The molecule has 156 valence electrons. The number of likely N-dealkylation sites (tertiary alicyclic amines) is 1. The van der Waals surface area contributed by atoms with Gasteiger partial charge in [-0.3, -0.25) is 9.59 Å². The second kappa shape index (κ2) is 9.29. The van der Waals surface area contributed by atoms with E-state index in [1.807, 2.05) is 24.8 Å². The maximum Gasteiger partial charge on any atom is 0.256 e. The Hall–Kier alpha value is -2.56. The molecule has 5 nitrogen and oxygen atoms in total. The van der Waals surface area contributed by atoms with Crippen molar-refractivity contribution in [3.63, 3.8) is 0 Å². The molecule has 5 heteroatoms. The number of hydrogen-bond donors (Lipinski definition) is 1. The number of aryl methyl sites for hydroxylation is 3. The van der Waals surface area contributed by atoms with Crippen LogP contribution in [0.1, 0.15) is 59.9 Å². The Labute approximate surface area is 174 Å². The lowest BCUT2D eigenvalue weighted by molar-refractivity contribution is -0.121. The molecule has 1 N–H and O–H groups in total. The first-order valence-corrected chi connectivity index (χ1v) is 10.7. The summed E-state index contributed by atoms with van der Waals surface area (Å²) in [5, 5.41) is 3.03. The number of rotatable bonds is 6. The minimum Gasteiger partial charge on any atom is -0.356 e. The van der Waals surface area contributed by atoms with E-state index in [1.54, 1.807) is 0 Å². The highest BCUT2D eigenvalue weighted by Gasteiger charge is 2.27. The largest absolute Gasteiger partial charge is 0.356 e. The van der Waals surface area contributed by atoms with E-state index in [9.17, 15) is 9.59 Å². The standard InChI is InChI=1S/C24H33N3O2/c1-5-7-23(28)25-15-20-8-6-13-26(16-20)24(29)21-14-17(2)9-12-22(21)27-18(3)10-11-19(27)4/h9-12,14,20H,5-8,13,15-16H2,1-4H3,(H,25,28)/t20-/m0/s1. The van der Waals surface area contributed by atoms with Gasteiger partial charge in [0.05, 0.1) is 11.3 Å². The summed E-state index contributed by atoms with van der Waals surface area (Å²) in [5.74, 6) is 0.507. The van der Waals surface area contributed by atoms with E-state index >= 15 is 0 Å². The van der Waals surface area contributed by atoms with Crippen LogP contribution in [-0.2, 0) is 4.79 Å². The Morgan fingerprint density at radius 1 is 1.10 bits per heavy atom. The van der Waals surface area contributed by atoms with E-state index in [0.29, 0.717) is 25.4 Å². The molecule has 0 aliphatic carbocycles. The number of nitrogens with zero attached hydrogens (tertiary/aromatic N) is 2. The lowest BCUT2D eigenvalue weighted by atomic mass is 9.96. The summed E-state index contributed by atoms with van der Waals surface area (Å²) in [5.41, 5.74) is 5.02. The van der Waals surface area contributed by atoms with Gasteiger partial charge in [0.25, 0.3) is 5.91 Å². The third kappa shape index (κ3) is 4.89. The average Bonchev–Trinajstić information content (AvgIpc) is 3.04. The van der Waals surface area contributed by atoms with Gasteiger partial charge in [0, 0.05) is 37.4 Å². The van der Waals surface area contributed by atoms with Crippen molar-refractivity contribution in [3.05, 3.63) is 52.8 Å². The molecule has 1 aliphatic rings. The number of benzene rings is 1. The molecule has 3 rings (SSSR count). The van der Waals surface area contributed by atoms with Crippen molar-refractivity contribution in [2.75, 3.05) is 19.6 Å². The highest BCUT2D eigenvalue weighted by molar-refractivity contribution is 5.98. The van der Waals surface area contributed by atoms with E-state index in [1.165, 1.54) is 0 Å². The number of amides is 2. The van der Waals surface area contributed by atoms with E-state index in [0.717, 1.165) is 54.0 Å². The van der Waals surface area contributed by atoms with E-state index in [2.05, 4.69) is 48.0 Å². The van der Waals surface area contributed by atoms with Crippen molar-refractivity contribution in [3.8, 4) is 5.69 Å². The lowest BCUT2D eigenvalue weighted by Crippen LogP contribution is -2.44. The van der Waals surface area contributed by atoms with Gasteiger partial charge in [-0.25, -0.2) is 0 Å². The highest BCUT2D eigenvalue weighted by atomic mass is 16.2. The number of aromatic nitrogens is 1. The summed E-state index contributed by atoms with van der Waals surface area (Å²) >= 11 is 0. The van der Waals surface area contributed by atoms with Gasteiger partial charge in [0.15, 0.2) is 0 Å². The molecule has 0 spiro atoms. The molecular formula is C24H33N3O2. The molecule has 2 amide bonds. The minimum absolute atomic E-state index is 0.0841. The molecule has 0 saturated carbocycles. The van der Waals surface area contributed by atoms with Crippen LogP contribution in [0.3, 0.4) is 0 Å². The summed E-state index contributed by atoms with van der Waals surface area (Å²) in [6.07, 6.45) is 3.45. The first-order valence-electron chi connectivity index (χ1n) is 10.7. The lowest BCUT2D eigenvalue weighted by Gasteiger charge is -2.33. The summed E-state index contributed by atoms with van der Waals surface area (Å²) < 4.78 is 2.15. The fourth-order valence-electron chi connectivity index (χ4n) is 4.22. The molecule has 1 aliphatic heterocycles. The number of carbonyl (C=O) groups excluding carboxylic acids is 2. The monoisotopic (exact) mass is 395 g/mol. The van der Waals surface area contributed by atoms with Gasteiger partial charge in [0.2, 0.25) is 5.91 Å². The fraction of sp³-hybridized carbons (Fsp3) is 0.500. The van der Waals surface area contributed by atoms with Crippen molar-refractivity contribution < 1.29 is 9.59 Å². The molecule has 1 fully saturated rings. The zero-order valence-corrected chi connectivity index (χ0v) is 18.1. The first kappa shape index (κ1) is 21.2.